The predicted molar refractivity (Wildman–Crippen MR) is 108 cm³/mol. The van der Waals surface area contributed by atoms with Crippen LogP contribution >= 0.6 is 0 Å². The maximum absolute atomic E-state index is 3.72. The highest BCUT2D eigenvalue weighted by Crippen LogP contribution is 2.37. The van der Waals surface area contributed by atoms with E-state index < -0.39 is 0 Å². The third kappa shape index (κ3) is 3.71. The van der Waals surface area contributed by atoms with Gasteiger partial charge in [0.15, 0.2) is 0 Å². The average Bonchev–Trinajstić information content (AvgIpc) is 2.67. The summed E-state index contributed by atoms with van der Waals surface area (Å²) >= 11 is 0. The maximum atomic E-state index is 3.72. The summed E-state index contributed by atoms with van der Waals surface area (Å²) in [5.74, 6) is 0.729. The van der Waals surface area contributed by atoms with Crippen LogP contribution in [0.5, 0.6) is 0 Å². The first-order valence-electron chi connectivity index (χ1n) is 9.62. The van der Waals surface area contributed by atoms with Crippen molar-refractivity contribution in [3.8, 4) is 0 Å². The molecule has 0 saturated heterocycles. The van der Waals surface area contributed by atoms with Crippen LogP contribution in [0.1, 0.15) is 54.7 Å². The number of fused-ring (bicyclic) bond motifs is 1. The standard InChI is InChI=1S/C24H27N/c1-18-11-14-24(23(15-18)21-8-3-2-4-9-21)25-17-19-12-13-20-7-5-6-10-22(20)16-19/h5-7,10-16,21,25H,2-4,8-9,17H2,1H3. The zero-order valence-corrected chi connectivity index (χ0v) is 15.1. The highest BCUT2D eigenvalue weighted by atomic mass is 14.9. The Bertz CT molecular complexity index is 859. The van der Waals surface area contributed by atoms with Gasteiger partial charge in [0.2, 0.25) is 0 Å². The lowest BCUT2D eigenvalue weighted by Gasteiger charge is -2.25. The molecule has 3 aromatic rings. The van der Waals surface area contributed by atoms with Gasteiger partial charge in [-0.2, -0.15) is 0 Å². The third-order valence-electron chi connectivity index (χ3n) is 5.55. The number of benzene rings is 3. The number of anilines is 1. The van der Waals surface area contributed by atoms with Crippen molar-refractivity contribution in [1.82, 2.24) is 0 Å². The molecule has 0 aromatic heterocycles. The molecule has 1 fully saturated rings. The second kappa shape index (κ2) is 7.31. The van der Waals surface area contributed by atoms with Crippen LogP contribution in [0.3, 0.4) is 0 Å². The van der Waals surface area contributed by atoms with Crippen molar-refractivity contribution < 1.29 is 0 Å². The van der Waals surface area contributed by atoms with Gasteiger partial charge in [-0.15, -0.1) is 0 Å². The first-order valence-corrected chi connectivity index (χ1v) is 9.62. The molecule has 0 bridgehead atoms. The minimum absolute atomic E-state index is 0.729. The molecule has 4 rings (SSSR count). The summed E-state index contributed by atoms with van der Waals surface area (Å²) in [4.78, 5) is 0. The SMILES string of the molecule is Cc1ccc(NCc2ccc3ccccc3c2)c(C2CCCCC2)c1. The lowest BCUT2D eigenvalue weighted by Crippen LogP contribution is -2.09. The van der Waals surface area contributed by atoms with Gasteiger partial charge in [-0.3, -0.25) is 0 Å². The molecule has 0 heterocycles. The largest absolute Gasteiger partial charge is 0.381 e. The van der Waals surface area contributed by atoms with Gasteiger partial charge in [0, 0.05) is 12.2 Å². The highest BCUT2D eigenvalue weighted by Gasteiger charge is 2.18. The van der Waals surface area contributed by atoms with E-state index in [9.17, 15) is 0 Å². The first-order chi connectivity index (χ1) is 12.3. The van der Waals surface area contributed by atoms with Crippen molar-refractivity contribution in [3.05, 3.63) is 77.4 Å². The fourth-order valence-corrected chi connectivity index (χ4v) is 4.14. The van der Waals surface area contributed by atoms with Crippen molar-refractivity contribution in [2.45, 2.75) is 51.5 Å². The summed E-state index contributed by atoms with van der Waals surface area (Å²) < 4.78 is 0. The van der Waals surface area contributed by atoms with Crippen LogP contribution in [0.25, 0.3) is 10.8 Å². The van der Waals surface area contributed by atoms with Crippen molar-refractivity contribution >= 4 is 16.5 Å². The quantitative estimate of drug-likeness (QED) is 0.554. The minimum Gasteiger partial charge on any atom is -0.381 e. The van der Waals surface area contributed by atoms with Gasteiger partial charge >= 0.3 is 0 Å². The summed E-state index contributed by atoms with van der Waals surface area (Å²) in [7, 11) is 0. The fraction of sp³-hybridized carbons (Fsp3) is 0.333. The van der Waals surface area contributed by atoms with Gasteiger partial charge < -0.3 is 5.32 Å². The van der Waals surface area contributed by atoms with Gasteiger partial charge in [-0.25, -0.2) is 0 Å². The van der Waals surface area contributed by atoms with Gasteiger partial charge in [0.05, 0.1) is 0 Å². The Kier molecular flexibility index (Phi) is 4.74. The highest BCUT2D eigenvalue weighted by molar-refractivity contribution is 5.83. The summed E-state index contributed by atoms with van der Waals surface area (Å²) in [5.41, 5.74) is 5.57. The van der Waals surface area contributed by atoms with E-state index >= 15 is 0 Å². The molecule has 0 atom stereocenters. The van der Waals surface area contributed by atoms with Crippen molar-refractivity contribution in [3.63, 3.8) is 0 Å². The molecule has 1 N–H and O–H groups in total. The lowest BCUT2D eigenvalue weighted by atomic mass is 9.83. The molecule has 25 heavy (non-hydrogen) atoms. The monoisotopic (exact) mass is 329 g/mol. The van der Waals surface area contributed by atoms with Crippen LogP contribution in [0.15, 0.2) is 60.7 Å². The maximum Gasteiger partial charge on any atom is 0.0401 e. The van der Waals surface area contributed by atoms with Crippen LogP contribution < -0.4 is 5.32 Å². The van der Waals surface area contributed by atoms with E-state index in [1.165, 1.54) is 65.3 Å². The molecule has 1 aliphatic rings. The zero-order chi connectivity index (χ0) is 17.1. The van der Waals surface area contributed by atoms with Crippen LogP contribution in [-0.2, 0) is 6.54 Å². The predicted octanol–water partition coefficient (Wildman–Crippen LogP) is 6.81. The molecule has 0 unspecified atom stereocenters. The normalized spacial score (nSPS) is 15.4. The number of rotatable bonds is 4. The molecule has 3 aromatic carbocycles. The summed E-state index contributed by atoms with van der Waals surface area (Å²) in [6.45, 7) is 3.09. The second-order valence-electron chi connectivity index (χ2n) is 7.46. The molecule has 1 aliphatic carbocycles. The molecule has 0 radical (unpaired) electrons. The first kappa shape index (κ1) is 16.2. The molecule has 1 saturated carbocycles. The topological polar surface area (TPSA) is 12.0 Å². The van der Waals surface area contributed by atoms with Gasteiger partial charge in [0.25, 0.3) is 0 Å². The number of aryl methyl sites for hydroxylation is 1. The van der Waals surface area contributed by atoms with Crippen LogP contribution in [-0.4, -0.2) is 0 Å². The van der Waals surface area contributed by atoms with Gasteiger partial charge in [-0.05, 0) is 59.7 Å². The molecule has 0 amide bonds. The van der Waals surface area contributed by atoms with Gasteiger partial charge in [-0.1, -0.05) is 73.4 Å². The van der Waals surface area contributed by atoms with Crippen molar-refractivity contribution in [2.24, 2.45) is 0 Å². The minimum atomic E-state index is 0.729. The Balaban J connectivity index is 1.55. The lowest BCUT2D eigenvalue weighted by molar-refractivity contribution is 0.444. The Hall–Kier alpha value is -2.28. The van der Waals surface area contributed by atoms with Gasteiger partial charge in [0.1, 0.15) is 0 Å². The Labute approximate surface area is 151 Å². The van der Waals surface area contributed by atoms with Crippen LogP contribution in [0, 0.1) is 6.92 Å². The van der Waals surface area contributed by atoms with Crippen molar-refractivity contribution in [2.75, 3.05) is 5.32 Å². The van der Waals surface area contributed by atoms with E-state index in [0.717, 1.165) is 12.5 Å². The summed E-state index contributed by atoms with van der Waals surface area (Å²) in [6.07, 6.45) is 6.84. The molecular formula is C24H27N. The van der Waals surface area contributed by atoms with E-state index in [0.29, 0.717) is 0 Å². The smallest absolute Gasteiger partial charge is 0.0401 e. The van der Waals surface area contributed by atoms with Crippen LogP contribution in [0.4, 0.5) is 5.69 Å². The second-order valence-corrected chi connectivity index (χ2v) is 7.46. The van der Waals surface area contributed by atoms with E-state index in [4.69, 9.17) is 0 Å². The summed E-state index contributed by atoms with van der Waals surface area (Å²) in [6, 6.07) is 22.3. The third-order valence-corrected chi connectivity index (χ3v) is 5.55. The molecule has 1 heteroatoms. The number of nitrogens with one attached hydrogen (secondary N) is 1. The summed E-state index contributed by atoms with van der Waals surface area (Å²) in [5, 5.41) is 6.35. The van der Waals surface area contributed by atoms with E-state index in [1.54, 1.807) is 0 Å². The van der Waals surface area contributed by atoms with Crippen molar-refractivity contribution in [1.29, 1.82) is 0 Å². The van der Waals surface area contributed by atoms with E-state index in [-0.39, 0.29) is 0 Å². The van der Waals surface area contributed by atoms with Crippen LogP contribution in [0.2, 0.25) is 0 Å². The molecule has 0 spiro atoms. The zero-order valence-electron chi connectivity index (χ0n) is 15.1. The molecular weight excluding hydrogens is 302 g/mol. The molecule has 128 valence electrons. The van der Waals surface area contributed by atoms with E-state index in [1.807, 2.05) is 0 Å². The Morgan fingerprint density at radius 2 is 1.64 bits per heavy atom. The number of hydrogen-bond acceptors (Lipinski definition) is 1. The Morgan fingerprint density at radius 1 is 0.840 bits per heavy atom. The van der Waals surface area contributed by atoms with E-state index in [2.05, 4.69) is 72.9 Å². The average molecular weight is 329 g/mol. The fourth-order valence-electron chi connectivity index (χ4n) is 4.14. The molecule has 0 aliphatic heterocycles. The molecule has 1 nitrogen and oxygen atoms in total. The number of hydrogen-bond donors (Lipinski definition) is 1. The Morgan fingerprint density at radius 3 is 2.48 bits per heavy atom.